The number of hydrogen-bond donors (Lipinski definition) is 1. The number of halogens is 2. The Hall–Kier alpha value is -2.45. The van der Waals surface area contributed by atoms with E-state index in [0.29, 0.717) is 41.1 Å². The zero-order valence-electron chi connectivity index (χ0n) is 12.7. The van der Waals surface area contributed by atoms with Gasteiger partial charge in [0, 0.05) is 18.8 Å². The van der Waals surface area contributed by atoms with Crippen LogP contribution in [0.25, 0.3) is 0 Å². The van der Waals surface area contributed by atoms with Gasteiger partial charge in [-0.3, -0.25) is 4.79 Å². The molecule has 0 radical (unpaired) electrons. The Morgan fingerprint density at radius 2 is 2.00 bits per heavy atom. The summed E-state index contributed by atoms with van der Waals surface area (Å²) in [6.07, 6.45) is 3.03. The second-order valence-corrected chi connectivity index (χ2v) is 6.82. The highest BCUT2D eigenvalue weighted by Crippen LogP contribution is 2.47. The van der Waals surface area contributed by atoms with Crippen molar-refractivity contribution in [2.45, 2.75) is 11.8 Å². The quantitative estimate of drug-likeness (QED) is 0.635. The molecule has 8 nitrogen and oxygen atoms in total. The van der Waals surface area contributed by atoms with Crippen molar-refractivity contribution in [3.05, 3.63) is 50.2 Å². The lowest BCUT2D eigenvalue weighted by atomic mass is 9.81. The minimum atomic E-state index is -0.743. The van der Waals surface area contributed by atoms with E-state index >= 15 is 0 Å². The molecular weight excluding hydrogens is 369 g/mol. The van der Waals surface area contributed by atoms with E-state index in [9.17, 15) is 14.9 Å². The van der Waals surface area contributed by atoms with E-state index < -0.39 is 10.3 Å². The number of aromatic nitrogens is 2. The summed E-state index contributed by atoms with van der Waals surface area (Å²) in [4.78, 5) is 32.5. The first-order valence-electron chi connectivity index (χ1n) is 7.43. The van der Waals surface area contributed by atoms with Crippen molar-refractivity contribution < 1.29 is 9.72 Å². The third-order valence-electron chi connectivity index (χ3n) is 4.66. The molecule has 1 aromatic carbocycles. The fourth-order valence-electron chi connectivity index (χ4n) is 3.39. The first kappa shape index (κ1) is 16.0. The number of anilines is 2. The number of carbonyl (C=O) groups excluding carboxylic acids is 1. The molecule has 2 aliphatic heterocycles. The second-order valence-electron chi connectivity index (χ2n) is 6.01. The zero-order chi connectivity index (χ0) is 17.8. The van der Waals surface area contributed by atoms with Crippen LogP contribution >= 0.6 is 23.2 Å². The number of carbonyl (C=O) groups is 1. The van der Waals surface area contributed by atoms with Crippen molar-refractivity contribution in [2.24, 2.45) is 0 Å². The average molecular weight is 380 g/mol. The van der Waals surface area contributed by atoms with Crippen LogP contribution in [-0.2, 0) is 10.2 Å². The standard InChI is InChI=1S/C15H11Cl2N5O3/c16-9-3-8-11(4-10(9)17)20-14(23)15(8)1-2-21(7-15)12-5-19-13(6-18-12)22(24)25/h3-6H,1-2,7H2,(H,20,23)/t15-/m1/s1. The summed E-state index contributed by atoms with van der Waals surface area (Å²) in [5.41, 5.74) is 0.729. The molecule has 4 rings (SSSR count). The maximum atomic E-state index is 12.6. The molecule has 1 aromatic heterocycles. The van der Waals surface area contributed by atoms with Crippen molar-refractivity contribution in [1.29, 1.82) is 0 Å². The van der Waals surface area contributed by atoms with Crippen molar-refractivity contribution in [1.82, 2.24) is 9.97 Å². The fraction of sp³-hybridized carbons (Fsp3) is 0.267. The molecular formula is C15H11Cl2N5O3. The Kier molecular flexibility index (Phi) is 3.55. The molecule has 0 bridgehead atoms. The molecule has 25 heavy (non-hydrogen) atoms. The van der Waals surface area contributed by atoms with Gasteiger partial charge < -0.3 is 20.3 Å². The molecule has 2 aromatic rings. The number of nitrogens with zero attached hydrogens (tertiary/aromatic N) is 4. The molecule has 0 unspecified atom stereocenters. The smallest absolute Gasteiger partial charge is 0.358 e. The van der Waals surface area contributed by atoms with E-state index in [0.717, 1.165) is 11.8 Å². The Balaban J connectivity index is 1.67. The number of rotatable bonds is 2. The summed E-state index contributed by atoms with van der Waals surface area (Å²) in [6.45, 7) is 0.954. The summed E-state index contributed by atoms with van der Waals surface area (Å²) >= 11 is 12.2. The summed E-state index contributed by atoms with van der Waals surface area (Å²) in [6, 6.07) is 3.38. The van der Waals surface area contributed by atoms with Gasteiger partial charge in [0.25, 0.3) is 0 Å². The molecule has 1 spiro atoms. The highest BCUT2D eigenvalue weighted by Gasteiger charge is 2.51. The highest BCUT2D eigenvalue weighted by molar-refractivity contribution is 6.42. The highest BCUT2D eigenvalue weighted by atomic mass is 35.5. The minimum absolute atomic E-state index is 0.113. The normalized spacial score (nSPS) is 21.5. The van der Waals surface area contributed by atoms with E-state index in [1.54, 1.807) is 12.1 Å². The fourth-order valence-corrected chi connectivity index (χ4v) is 3.72. The lowest BCUT2D eigenvalue weighted by molar-refractivity contribution is -0.389. The largest absolute Gasteiger partial charge is 0.382 e. The van der Waals surface area contributed by atoms with Crippen LogP contribution < -0.4 is 10.2 Å². The maximum Gasteiger partial charge on any atom is 0.382 e. The van der Waals surface area contributed by atoms with Crippen molar-refractivity contribution in [2.75, 3.05) is 23.3 Å². The molecule has 0 aliphatic carbocycles. The number of fused-ring (bicyclic) bond motifs is 2. The van der Waals surface area contributed by atoms with Crippen LogP contribution in [0, 0.1) is 10.1 Å². The van der Waals surface area contributed by atoms with E-state index in [1.807, 2.05) is 4.90 Å². The molecule has 128 valence electrons. The van der Waals surface area contributed by atoms with Crippen molar-refractivity contribution in [3.8, 4) is 0 Å². The van der Waals surface area contributed by atoms with Gasteiger partial charge in [-0.2, -0.15) is 0 Å². The van der Waals surface area contributed by atoms with Gasteiger partial charge in [-0.05, 0) is 34.0 Å². The summed E-state index contributed by atoms with van der Waals surface area (Å²) in [7, 11) is 0. The molecule has 1 saturated heterocycles. The summed E-state index contributed by atoms with van der Waals surface area (Å²) in [5, 5.41) is 14.3. The molecule has 0 saturated carbocycles. The van der Waals surface area contributed by atoms with E-state index in [4.69, 9.17) is 23.2 Å². The lowest BCUT2D eigenvalue weighted by Crippen LogP contribution is -2.37. The van der Waals surface area contributed by atoms with Crippen LogP contribution in [0.2, 0.25) is 10.0 Å². The second kappa shape index (κ2) is 5.53. The summed E-state index contributed by atoms with van der Waals surface area (Å²) < 4.78 is 0. The van der Waals surface area contributed by atoms with Gasteiger partial charge in [0.15, 0.2) is 12.0 Å². The number of amides is 1. The molecule has 10 heteroatoms. The topological polar surface area (TPSA) is 101 Å². The van der Waals surface area contributed by atoms with Gasteiger partial charge in [-0.1, -0.05) is 23.2 Å². The number of benzene rings is 1. The average Bonchev–Trinajstić information content (AvgIpc) is 3.13. The van der Waals surface area contributed by atoms with Crippen LogP contribution in [0.4, 0.5) is 17.3 Å². The molecule has 2 aliphatic rings. The molecule has 1 atom stereocenters. The monoisotopic (exact) mass is 379 g/mol. The third kappa shape index (κ3) is 2.40. The molecule has 1 amide bonds. The maximum absolute atomic E-state index is 12.6. The van der Waals surface area contributed by atoms with E-state index in [1.165, 1.54) is 6.20 Å². The van der Waals surface area contributed by atoms with Gasteiger partial charge in [-0.25, -0.2) is 4.98 Å². The van der Waals surface area contributed by atoms with Crippen LogP contribution in [0.3, 0.4) is 0 Å². The van der Waals surface area contributed by atoms with Gasteiger partial charge in [0.1, 0.15) is 6.20 Å². The van der Waals surface area contributed by atoms with Crippen LogP contribution in [0.15, 0.2) is 24.5 Å². The lowest BCUT2D eigenvalue weighted by Gasteiger charge is -2.22. The van der Waals surface area contributed by atoms with Crippen molar-refractivity contribution >= 4 is 46.4 Å². The van der Waals surface area contributed by atoms with E-state index in [2.05, 4.69) is 15.3 Å². The first-order chi connectivity index (χ1) is 11.9. The molecule has 1 fully saturated rings. The van der Waals surface area contributed by atoms with E-state index in [-0.39, 0.29) is 11.7 Å². The Morgan fingerprint density at radius 1 is 1.24 bits per heavy atom. The van der Waals surface area contributed by atoms with Gasteiger partial charge >= 0.3 is 5.82 Å². The molecule has 1 N–H and O–H groups in total. The third-order valence-corrected chi connectivity index (χ3v) is 5.39. The molecule has 3 heterocycles. The van der Waals surface area contributed by atoms with Gasteiger partial charge in [0.05, 0.1) is 15.5 Å². The Labute approximate surface area is 151 Å². The summed E-state index contributed by atoms with van der Waals surface area (Å²) in [5.74, 6) is 0.0602. The predicted octanol–water partition coefficient (Wildman–Crippen LogP) is 2.79. The zero-order valence-corrected chi connectivity index (χ0v) is 14.2. The first-order valence-corrected chi connectivity index (χ1v) is 8.19. The number of nitrogens with one attached hydrogen (secondary N) is 1. The van der Waals surface area contributed by atoms with Crippen LogP contribution in [-0.4, -0.2) is 33.9 Å². The van der Waals surface area contributed by atoms with Crippen molar-refractivity contribution in [3.63, 3.8) is 0 Å². The Bertz CT molecular complexity index is 905. The Morgan fingerprint density at radius 3 is 2.68 bits per heavy atom. The van der Waals surface area contributed by atoms with Crippen LogP contribution in [0.5, 0.6) is 0 Å². The van der Waals surface area contributed by atoms with Gasteiger partial charge in [-0.15, -0.1) is 0 Å². The minimum Gasteiger partial charge on any atom is -0.358 e. The number of nitro groups is 1. The van der Waals surface area contributed by atoms with Gasteiger partial charge in [0.2, 0.25) is 5.91 Å². The SMILES string of the molecule is O=C1Nc2cc(Cl)c(Cl)cc2[C@]12CCN(c1cnc([N+](=O)[O-])cn1)C2. The predicted molar refractivity (Wildman–Crippen MR) is 92.3 cm³/mol. The van der Waals surface area contributed by atoms with Crippen LogP contribution in [0.1, 0.15) is 12.0 Å². The number of hydrogen-bond acceptors (Lipinski definition) is 6.